The molecule has 0 bridgehead atoms. The monoisotopic (exact) mass is 314 g/mol. The molecular weight excluding hydrogens is 296 g/mol. The molecule has 0 N–H and O–H groups in total. The van der Waals surface area contributed by atoms with Crippen LogP contribution in [-0.4, -0.2) is 16.2 Å². The Hall–Kier alpha value is -2.00. The van der Waals surface area contributed by atoms with E-state index in [1.54, 1.807) is 0 Å². The minimum Gasteiger partial charge on any atom is -0.492 e. The quantitative estimate of drug-likeness (QED) is 0.608. The molecule has 1 heterocycles. The van der Waals surface area contributed by atoms with E-state index in [2.05, 4.69) is 34.7 Å². The predicted octanol–water partition coefficient (Wildman–Crippen LogP) is 4.86. The van der Waals surface area contributed by atoms with E-state index in [4.69, 9.17) is 16.3 Å². The number of imidazole rings is 1. The van der Waals surface area contributed by atoms with Gasteiger partial charge in [-0.25, -0.2) is 4.98 Å². The average molecular weight is 315 g/mol. The first-order valence-electron chi connectivity index (χ1n) is 7.55. The summed E-state index contributed by atoms with van der Waals surface area (Å²) in [5.74, 6) is 1.82. The Morgan fingerprint density at radius 3 is 2.68 bits per heavy atom. The van der Waals surface area contributed by atoms with Crippen molar-refractivity contribution in [1.82, 2.24) is 9.55 Å². The Labute approximate surface area is 135 Å². The number of benzene rings is 2. The highest BCUT2D eigenvalue weighted by Crippen LogP contribution is 2.23. The largest absolute Gasteiger partial charge is 0.492 e. The van der Waals surface area contributed by atoms with E-state index in [-0.39, 0.29) is 0 Å². The van der Waals surface area contributed by atoms with Gasteiger partial charge >= 0.3 is 0 Å². The van der Waals surface area contributed by atoms with Gasteiger partial charge in [-0.05, 0) is 44.0 Å². The summed E-state index contributed by atoms with van der Waals surface area (Å²) in [5, 5.41) is 0.666. The van der Waals surface area contributed by atoms with Crippen LogP contribution in [0.25, 0.3) is 11.0 Å². The minimum atomic E-state index is 0.666. The van der Waals surface area contributed by atoms with Crippen LogP contribution in [0.5, 0.6) is 5.75 Å². The first-order valence-corrected chi connectivity index (χ1v) is 7.93. The molecule has 3 aromatic rings. The summed E-state index contributed by atoms with van der Waals surface area (Å²) < 4.78 is 7.99. The van der Waals surface area contributed by atoms with E-state index in [0.717, 1.165) is 36.5 Å². The number of para-hydroxylation sites is 3. The number of hydrogen-bond acceptors (Lipinski definition) is 2. The second-order valence-corrected chi connectivity index (χ2v) is 5.69. The molecule has 3 nitrogen and oxygen atoms in total. The number of nitrogens with zero attached hydrogens (tertiary/aromatic N) is 2. The maximum atomic E-state index is 6.07. The molecule has 114 valence electrons. The van der Waals surface area contributed by atoms with Crippen molar-refractivity contribution in [3.8, 4) is 5.75 Å². The molecule has 22 heavy (non-hydrogen) atoms. The summed E-state index contributed by atoms with van der Waals surface area (Å²) >= 11 is 6.07. The van der Waals surface area contributed by atoms with E-state index >= 15 is 0 Å². The number of unbranched alkanes of at least 4 members (excludes halogenated alkanes) is 1. The lowest BCUT2D eigenvalue weighted by atomic mass is 10.3. The Kier molecular flexibility index (Phi) is 4.64. The summed E-state index contributed by atoms with van der Waals surface area (Å²) in [5.41, 5.74) is 2.26. The molecule has 0 saturated heterocycles. The van der Waals surface area contributed by atoms with E-state index in [1.807, 2.05) is 30.3 Å². The molecule has 0 unspecified atom stereocenters. The summed E-state index contributed by atoms with van der Waals surface area (Å²) in [4.78, 5) is 4.59. The van der Waals surface area contributed by atoms with E-state index in [0.29, 0.717) is 11.6 Å². The first-order chi connectivity index (χ1) is 10.8. The zero-order valence-electron chi connectivity index (χ0n) is 12.6. The van der Waals surface area contributed by atoms with Gasteiger partial charge in [-0.15, -0.1) is 0 Å². The highest BCUT2D eigenvalue weighted by molar-refractivity contribution is 6.32. The Morgan fingerprint density at radius 2 is 1.82 bits per heavy atom. The maximum Gasteiger partial charge on any atom is 0.137 e. The highest BCUT2D eigenvalue weighted by atomic mass is 35.5. The van der Waals surface area contributed by atoms with Gasteiger partial charge in [0.1, 0.15) is 11.6 Å². The van der Waals surface area contributed by atoms with Crippen LogP contribution in [0.3, 0.4) is 0 Å². The van der Waals surface area contributed by atoms with Gasteiger partial charge < -0.3 is 9.30 Å². The van der Waals surface area contributed by atoms with Crippen LogP contribution in [0, 0.1) is 6.92 Å². The molecular formula is C18H19ClN2O. The third-order valence-electron chi connectivity index (χ3n) is 3.72. The Morgan fingerprint density at radius 1 is 1.05 bits per heavy atom. The van der Waals surface area contributed by atoms with Crippen LogP contribution in [-0.2, 0) is 6.54 Å². The number of aromatic nitrogens is 2. The number of fused-ring (bicyclic) bond motifs is 1. The highest BCUT2D eigenvalue weighted by Gasteiger charge is 2.06. The van der Waals surface area contributed by atoms with E-state index < -0.39 is 0 Å². The van der Waals surface area contributed by atoms with E-state index in [9.17, 15) is 0 Å². The average Bonchev–Trinajstić information content (AvgIpc) is 2.84. The SMILES string of the molecule is Cc1nc2ccccc2n1CCCCOc1ccccc1Cl. The van der Waals surface area contributed by atoms with Crippen LogP contribution in [0.4, 0.5) is 0 Å². The van der Waals surface area contributed by atoms with Crippen molar-refractivity contribution in [2.75, 3.05) is 6.61 Å². The van der Waals surface area contributed by atoms with Gasteiger partial charge in [0.2, 0.25) is 0 Å². The number of halogens is 1. The molecule has 0 aliphatic carbocycles. The number of aryl methyl sites for hydroxylation is 2. The van der Waals surface area contributed by atoms with Crippen LogP contribution in [0.2, 0.25) is 5.02 Å². The minimum absolute atomic E-state index is 0.666. The zero-order chi connectivity index (χ0) is 15.4. The molecule has 1 aromatic heterocycles. The molecule has 0 amide bonds. The maximum absolute atomic E-state index is 6.07. The molecule has 0 atom stereocenters. The number of rotatable bonds is 6. The van der Waals surface area contributed by atoms with Gasteiger partial charge in [-0.2, -0.15) is 0 Å². The van der Waals surface area contributed by atoms with Crippen LogP contribution in [0.1, 0.15) is 18.7 Å². The molecule has 0 aliphatic rings. The number of hydrogen-bond donors (Lipinski definition) is 0. The van der Waals surface area contributed by atoms with Crippen molar-refractivity contribution in [1.29, 1.82) is 0 Å². The topological polar surface area (TPSA) is 27.1 Å². The van der Waals surface area contributed by atoms with Crippen molar-refractivity contribution in [2.24, 2.45) is 0 Å². The van der Waals surface area contributed by atoms with Gasteiger partial charge in [-0.3, -0.25) is 0 Å². The molecule has 4 heteroatoms. The van der Waals surface area contributed by atoms with Crippen molar-refractivity contribution in [2.45, 2.75) is 26.3 Å². The fourth-order valence-electron chi connectivity index (χ4n) is 2.59. The third kappa shape index (κ3) is 3.25. The Bertz CT molecular complexity index is 767. The van der Waals surface area contributed by atoms with Gasteiger partial charge in [0, 0.05) is 6.54 Å². The van der Waals surface area contributed by atoms with Crippen LogP contribution >= 0.6 is 11.6 Å². The van der Waals surface area contributed by atoms with Crippen molar-refractivity contribution < 1.29 is 4.74 Å². The Balaban J connectivity index is 1.53. The third-order valence-corrected chi connectivity index (χ3v) is 4.03. The first kappa shape index (κ1) is 14.9. The normalized spacial score (nSPS) is 11.0. The van der Waals surface area contributed by atoms with Crippen LogP contribution < -0.4 is 4.74 Å². The fraction of sp³-hybridized carbons (Fsp3) is 0.278. The van der Waals surface area contributed by atoms with Crippen molar-refractivity contribution in [3.63, 3.8) is 0 Å². The number of ether oxygens (including phenoxy) is 1. The molecule has 3 rings (SSSR count). The summed E-state index contributed by atoms with van der Waals surface area (Å²) in [7, 11) is 0. The molecule has 0 saturated carbocycles. The molecule has 0 aliphatic heterocycles. The summed E-state index contributed by atoms with van der Waals surface area (Å²) in [6, 6.07) is 15.8. The van der Waals surface area contributed by atoms with Gasteiger partial charge in [0.15, 0.2) is 0 Å². The van der Waals surface area contributed by atoms with Gasteiger partial charge in [0.05, 0.1) is 22.7 Å². The van der Waals surface area contributed by atoms with E-state index in [1.165, 1.54) is 5.52 Å². The second-order valence-electron chi connectivity index (χ2n) is 5.29. The lowest BCUT2D eigenvalue weighted by Crippen LogP contribution is -2.04. The van der Waals surface area contributed by atoms with Crippen molar-refractivity contribution >= 4 is 22.6 Å². The summed E-state index contributed by atoms with van der Waals surface area (Å²) in [6.45, 7) is 3.69. The smallest absolute Gasteiger partial charge is 0.137 e. The summed E-state index contributed by atoms with van der Waals surface area (Å²) in [6.07, 6.45) is 2.03. The fourth-order valence-corrected chi connectivity index (χ4v) is 2.78. The molecule has 0 fully saturated rings. The molecule has 0 spiro atoms. The lowest BCUT2D eigenvalue weighted by Gasteiger charge is -2.09. The lowest BCUT2D eigenvalue weighted by molar-refractivity contribution is 0.303. The van der Waals surface area contributed by atoms with Crippen LogP contribution in [0.15, 0.2) is 48.5 Å². The van der Waals surface area contributed by atoms with Crippen molar-refractivity contribution in [3.05, 3.63) is 59.4 Å². The molecule has 2 aromatic carbocycles. The van der Waals surface area contributed by atoms with Gasteiger partial charge in [0.25, 0.3) is 0 Å². The predicted molar refractivity (Wildman–Crippen MR) is 90.7 cm³/mol. The standard InChI is InChI=1S/C18H19ClN2O/c1-14-20-16-9-3-4-10-17(16)21(14)12-6-7-13-22-18-11-5-2-8-15(18)19/h2-5,8-11H,6-7,12-13H2,1H3. The molecule has 0 radical (unpaired) electrons. The zero-order valence-corrected chi connectivity index (χ0v) is 13.4. The van der Waals surface area contributed by atoms with Gasteiger partial charge in [-0.1, -0.05) is 35.9 Å². The second kappa shape index (κ2) is 6.84.